The standard InChI is InChI=1S/C10H6BrN3S/c11-7-3-4-14-9(6-7)12-13-10(14)8-2-1-5-15-8/h1-6H. The second-order valence-corrected chi connectivity index (χ2v) is 4.94. The number of nitrogens with zero attached hydrogens (tertiary/aromatic N) is 3. The first-order chi connectivity index (χ1) is 7.34. The van der Waals surface area contributed by atoms with E-state index in [1.807, 2.05) is 40.2 Å². The average Bonchev–Trinajstić information content (AvgIpc) is 2.82. The quantitative estimate of drug-likeness (QED) is 0.685. The van der Waals surface area contributed by atoms with E-state index in [0.717, 1.165) is 20.8 Å². The number of halogens is 1. The molecular weight excluding hydrogens is 274 g/mol. The summed E-state index contributed by atoms with van der Waals surface area (Å²) < 4.78 is 3.00. The van der Waals surface area contributed by atoms with Crippen LogP contribution in [0.3, 0.4) is 0 Å². The Morgan fingerprint density at radius 3 is 3.00 bits per heavy atom. The lowest BCUT2D eigenvalue weighted by molar-refractivity contribution is 1.12. The Kier molecular flexibility index (Phi) is 2.07. The molecule has 0 saturated heterocycles. The van der Waals surface area contributed by atoms with Gasteiger partial charge >= 0.3 is 0 Å². The molecule has 3 nitrogen and oxygen atoms in total. The highest BCUT2D eigenvalue weighted by Gasteiger charge is 2.08. The van der Waals surface area contributed by atoms with E-state index in [1.165, 1.54) is 0 Å². The number of thiophene rings is 1. The van der Waals surface area contributed by atoms with E-state index in [-0.39, 0.29) is 0 Å². The van der Waals surface area contributed by atoms with Crippen molar-refractivity contribution in [3.8, 4) is 10.7 Å². The van der Waals surface area contributed by atoms with E-state index < -0.39 is 0 Å². The monoisotopic (exact) mass is 279 g/mol. The van der Waals surface area contributed by atoms with Gasteiger partial charge in [-0.3, -0.25) is 4.40 Å². The molecule has 0 spiro atoms. The Labute approximate surface area is 98.5 Å². The Morgan fingerprint density at radius 1 is 1.27 bits per heavy atom. The third kappa shape index (κ3) is 1.48. The van der Waals surface area contributed by atoms with Crippen LogP contribution in [0.1, 0.15) is 0 Å². The highest BCUT2D eigenvalue weighted by Crippen LogP contribution is 2.24. The Morgan fingerprint density at radius 2 is 2.20 bits per heavy atom. The first-order valence-electron chi connectivity index (χ1n) is 4.39. The summed E-state index contributed by atoms with van der Waals surface area (Å²) in [4.78, 5) is 1.13. The molecule has 0 aromatic carbocycles. The molecule has 0 N–H and O–H groups in total. The largest absolute Gasteiger partial charge is 0.282 e. The molecule has 0 atom stereocenters. The van der Waals surface area contributed by atoms with Gasteiger partial charge < -0.3 is 0 Å². The molecule has 0 aliphatic rings. The maximum Gasteiger partial charge on any atom is 0.178 e. The molecule has 3 aromatic heterocycles. The van der Waals surface area contributed by atoms with E-state index in [9.17, 15) is 0 Å². The minimum absolute atomic E-state index is 0.854. The summed E-state index contributed by atoms with van der Waals surface area (Å²) in [5.74, 6) is 0.896. The van der Waals surface area contributed by atoms with Crippen molar-refractivity contribution in [2.75, 3.05) is 0 Å². The predicted molar refractivity (Wildman–Crippen MR) is 64.0 cm³/mol. The van der Waals surface area contributed by atoms with Crippen molar-refractivity contribution < 1.29 is 0 Å². The molecule has 15 heavy (non-hydrogen) atoms. The molecule has 74 valence electrons. The van der Waals surface area contributed by atoms with Gasteiger partial charge in [0, 0.05) is 10.7 Å². The van der Waals surface area contributed by atoms with Gasteiger partial charge in [0.05, 0.1) is 4.88 Å². The number of hydrogen-bond donors (Lipinski definition) is 0. The van der Waals surface area contributed by atoms with Crippen molar-refractivity contribution in [2.45, 2.75) is 0 Å². The molecular formula is C10H6BrN3S. The van der Waals surface area contributed by atoms with E-state index in [1.54, 1.807) is 11.3 Å². The predicted octanol–water partition coefficient (Wildman–Crippen LogP) is 3.22. The first kappa shape index (κ1) is 9.06. The highest BCUT2D eigenvalue weighted by atomic mass is 79.9. The third-order valence-corrected chi connectivity index (χ3v) is 3.47. The maximum absolute atomic E-state index is 4.18. The zero-order chi connectivity index (χ0) is 10.3. The zero-order valence-corrected chi connectivity index (χ0v) is 9.99. The number of aromatic nitrogens is 3. The van der Waals surface area contributed by atoms with Gasteiger partial charge in [-0.2, -0.15) is 0 Å². The molecule has 0 fully saturated rings. The molecule has 3 aromatic rings. The van der Waals surface area contributed by atoms with Crippen molar-refractivity contribution in [1.29, 1.82) is 0 Å². The smallest absolute Gasteiger partial charge is 0.178 e. The summed E-state index contributed by atoms with van der Waals surface area (Å²) in [5.41, 5.74) is 0.854. The molecule has 0 unspecified atom stereocenters. The lowest BCUT2D eigenvalue weighted by Crippen LogP contribution is -1.86. The normalized spacial score (nSPS) is 11.0. The van der Waals surface area contributed by atoms with E-state index >= 15 is 0 Å². The molecule has 0 aliphatic heterocycles. The van der Waals surface area contributed by atoms with Crippen molar-refractivity contribution in [2.24, 2.45) is 0 Å². The molecule has 0 bridgehead atoms. The van der Waals surface area contributed by atoms with Gasteiger partial charge in [-0.15, -0.1) is 21.5 Å². The summed E-state index contributed by atoms with van der Waals surface area (Å²) in [6, 6.07) is 7.99. The molecule has 3 rings (SSSR count). The van der Waals surface area contributed by atoms with Crippen LogP contribution in [0.5, 0.6) is 0 Å². The van der Waals surface area contributed by atoms with Crippen LogP contribution in [-0.2, 0) is 0 Å². The molecule has 0 amide bonds. The molecule has 0 saturated carbocycles. The van der Waals surface area contributed by atoms with E-state index in [4.69, 9.17) is 0 Å². The minimum Gasteiger partial charge on any atom is -0.282 e. The molecule has 3 heterocycles. The SMILES string of the molecule is Brc1ccn2c(-c3cccs3)nnc2c1. The van der Waals surface area contributed by atoms with Crippen molar-refractivity contribution in [3.05, 3.63) is 40.3 Å². The fraction of sp³-hybridized carbons (Fsp3) is 0. The molecule has 0 aliphatic carbocycles. The minimum atomic E-state index is 0.854. The Bertz CT molecular complexity index is 600. The zero-order valence-electron chi connectivity index (χ0n) is 7.59. The van der Waals surface area contributed by atoms with Crippen LogP contribution in [-0.4, -0.2) is 14.6 Å². The molecule has 0 radical (unpaired) electrons. The van der Waals surface area contributed by atoms with Crippen molar-refractivity contribution >= 4 is 32.9 Å². The van der Waals surface area contributed by atoms with Crippen LogP contribution in [0.25, 0.3) is 16.3 Å². The van der Waals surface area contributed by atoms with Crippen LogP contribution in [0, 0.1) is 0 Å². The van der Waals surface area contributed by atoms with Crippen LogP contribution in [0.4, 0.5) is 0 Å². The lowest BCUT2D eigenvalue weighted by Gasteiger charge is -1.96. The molecule has 5 heteroatoms. The van der Waals surface area contributed by atoms with Gasteiger partial charge in [-0.1, -0.05) is 22.0 Å². The maximum atomic E-state index is 4.18. The van der Waals surface area contributed by atoms with E-state index in [0.29, 0.717) is 0 Å². The highest BCUT2D eigenvalue weighted by molar-refractivity contribution is 9.10. The lowest BCUT2D eigenvalue weighted by atomic mass is 10.4. The van der Waals surface area contributed by atoms with Gasteiger partial charge in [0.15, 0.2) is 11.5 Å². The number of fused-ring (bicyclic) bond motifs is 1. The van der Waals surface area contributed by atoms with Gasteiger partial charge in [0.1, 0.15) is 0 Å². The van der Waals surface area contributed by atoms with Crippen LogP contribution in [0.2, 0.25) is 0 Å². The second-order valence-electron chi connectivity index (χ2n) is 3.07. The number of pyridine rings is 1. The average molecular weight is 280 g/mol. The summed E-state index contributed by atoms with van der Waals surface area (Å²) in [6.45, 7) is 0. The van der Waals surface area contributed by atoms with Crippen molar-refractivity contribution in [3.63, 3.8) is 0 Å². The first-order valence-corrected chi connectivity index (χ1v) is 6.06. The topological polar surface area (TPSA) is 30.2 Å². The third-order valence-electron chi connectivity index (χ3n) is 2.11. The summed E-state index contributed by atoms with van der Waals surface area (Å²) in [7, 11) is 0. The second kappa shape index (κ2) is 3.43. The van der Waals surface area contributed by atoms with Crippen LogP contribution in [0.15, 0.2) is 40.3 Å². The van der Waals surface area contributed by atoms with E-state index in [2.05, 4.69) is 26.1 Å². The number of hydrogen-bond acceptors (Lipinski definition) is 3. The fourth-order valence-electron chi connectivity index (χ4n) is 1.44. The van der Waals surface area contributed by atoms with Crippen molar-refractivity contribution in [1.82, 2.24) is 14.6 Å². The van der Waals surface area contributed by atoms with Gasteiger partial charge in [-0.25, -0.2) is 0 Å². The summed E-state index contributed by atoms with van der Waals surface area (Å²) in [5, 5.41) is 10.3. The fourth-order valence-corrected chi connectivity index (χ4v) is 2.47. The van der Waals surface area contributed by atoms with Gasteiger partial charge in [0.25, 0.3) is 0 Å². The van der Waals surface area contributed by atoms with Gasteiger partial charge in [-0.05, 0) is 23.6 Å². The summed E-state index contributed by atoms with van der Waals surface area (Å²) >= 11 is 5.08. The summed E-state index contributed by atoms with van der Waals surface area (Å²) in [6.07, 6.45) is 1.97. The van der Waals surface area contributed by atoms with Crippen LogP contribution < -0.4 is 0 Å². The van der Waals surface area contributed by atoms with Crippen LogP contribution >= 0.6 is 27.3 Å². The number of rotatable bonds is 1. The van der Waals surface area contributed by atoms with Gasteiger partial charge in [0.2, 0.25) is 0 Å². The Hall–Kier alpha value is -1.20. The Balaban J connectivity index is 2.29.